The first kappa shape index (κ1) is 31.7. The number of hydrogen-bond donors (Lipinski definition) is 1. The normalized spacial score (nSPS) is 19.1. The van der Waals surface area contributed by atoms with Crippen molar-refractivity contribution in [1.82, 2.24) is 24.3 Å². The Morgan fingerprint density at radius 1 is 0.896 bits per heavy atom. The van der Waals surface area contributed by atoms with E-state index in [4.69, 9.17) is 4.74 Å². The second-order valence-electron chi connectivity index (χ2n) is 12.5. The van der Waals surface area contributed by atoms with Gasteiger partial charge in [-0.25, -0.2) is 9.78 Å². The van der Waals surface area contributed by atoms with E-state index < -0.39 is 17.7 Å². The van der Waals surface area contributed by atoms with Crippen LogP contribution in [0.15, 0.2) is 53.5 Å². The average molecular weight is 665 g/mol. The summed E-state index contributed by atoms with van der Waals surface area (Å²) < 4.78 is 47.2. The molecule has 0 bridgehead atoms. The summed E-state index contributed by atoms with van der Waals surface area (Å²) >= 11 is 0. The second kappa shape index (κ2) is 12.0. The summed E-state index contributed by atoms with van der Waals surface area (Å²) in [4.78, 5) is 48.9. The zero-order valence-corrected chi connectivity index (χ0v) is 26.6. The van der Waals surface area contributed by atoms with E-state index in [0.29, 0.717) is 65.8 Å². The molecule has 4 aliphatic heterocycles. The number of alkyl halides is 3. The molecule has 48 heavy (non-hydrogen) atoms. The van der Waals surface area contributed by atoms with Crippen LogP contribution in [0.3, 0.4) is 0 Å². The number of Topliss-reactive ketones (excluding diaryl/α,β-unsaturated/α-hetero) is 1. The van der Waals surface area contributed by atoms with Crippen LogP contribution in [0, 0.1) is 13.8 Å². The van der Waals surface area contributed by atoms with E-state index >= 15 is 0 Å². The smallest absolute Gasteiger partial charge is 0.416 e. The van der Waals surface area contributed by atoms with Gasteiger partial charge in [0.15, 0.2) is 0 Å². The van der Waals surface area contributed by atoms with Crippen LogP contribution in [-0.2, 0) is 27.0 Å². The van der Waals surface area contributed by atoms with Crippen LogP contribution in [-0.4, -0.2) is 112 Å². The standard InChI is InChI=1S/C22H22F3N3O3.C12H13N3O2/c1-13-15(4-3-5-18(13)22(23,24)25)12-28-14(2)26-20-17(21(29)30)10-16(11-19(20)28)27-6-8-31-9-7-27;16-9-7-8(13-1-2-13)12(17)11(15-5-6-15)10(9)14-3-4-14/h3-5,10-11H,6-9,12H2,1-2H3,(H,29,30);7H,1-6H2. The van der Waals surface area contributed by atoms with Gasteiger partial charge in [-0.1, -0.05) is 12.1 Å². The summed E-state index contributed by atoms with van der Waals surface area (Å²) in [7, 11) is 0. The summed E-state index contributed by atoms with van der Waals surface area (Å²) in [5.41, 5.74) is 3.58. The molecule has 8 rings (SSSR count). The van der Waals surface area contributed by atoms with Crippen molar-refractivity contribution >= 4 is 34.3 Å². The number of aromatic carboxylic acids is 1. The molecule has 0 amide bonds. The Morgan fingerprint density at radius 2 is 1.54 bits per heavy atom. The number of rotatable bonds is 7. The Balaban J connectivity index is 0.000000179. The van der Waals surface area contributed by atoms with Gasteiger partial charge < -0.3 is 34.0 Å². The number of allylic oxidation sites excluding steroid dienone is 1. The minimum absolute atomic E-state index is 0.00546. The fourth-order valence-electron chi connectivity index (χ4n) is 6.30. The fraction of sp³-hybridized carbons (Fsp3) is 0.412. The van der Waals surface area contributed by atoms with Gasteiger partial charge in [0.2, 0.25) is 11.6 Å². The lowest BCUT2D eigenvalue weighted by atomic mass is 10.0. The van der Waals surface area contributed by atoms with Crippen molar-refractivity contribution in [3.05, 3.63) is 81.6 Å². The summed E-state index contributed by atoms with van der Waals surface area (Å²) in [6, 6.07) is 7.57. The molecular formula is C34H35F3N6O5. The van der Waals surface area contributed by atoms with Crippen LogP contribution < -0.4 is 4.90 Å². The van der Waals surface area contributed by atoms with Crippen LogP contribution in [0.4, 0.5) is 18.9 Å². The minimum atomic E-state index is -4.44. The summed E-state index contributed by atoms with van der Waals surface area (Å²) in [5.74, 6) is -0.513. The number of fused-ring (bicyclic) bond motifs is 1. The van der Waals surface area contributed by atoms with E-state index in [1.165, 1.54) is 19.1 Å². The minimum Gasteiger partial charge on any atom is -0.478 e. The Bertz CT molecular complexity index is 1900. The van der Waals surface area contributed by atoms with Crippen LogP contribution in [0.1, 0.15) is 32.9 Å². The Morgan fingerprint density at radius 3 is 2.15 bits per heavy atom. The third-order valence-corrected chi connectivity index (χ3v) is 9.20. The van der Waals surface area contributed by atoms with Crippen LogP contribution in [0.5, 0.6) is 0 Å². The topological polar surface area (TPSA) is 111 Å². The van der Waals surface area contributed by atoms with Crippen molar-refractivity contribution in [3.8, 4) is 0 Å². The molecule has 0 radical (unpaired) electrons. The molecule has 4 fully saturated rings. The molecule has 5 aliphatic rings. The van der Waals surface area contributed by atoms with E-state index in [1.807, 2.05) is 25.7 Å². The first-order valence-corrected chi connectivity index (χ1v) is 15.9. The maximum Gasteiger partial charge on any atom is 0.416 e. The van der Waals surface area contributed by atoms with Crippen LogP contribution >= 0.6 is 0 Å². The van der Waals surface area contributed by atoms with E-state index in [-0.39, 0.29) is 29.2 Å². The maximum atomic E-state index is 13.3. The highest BCUT2D eigenvalue weighted by Crippen LogP contribution is 2.35. The number of halogens is 3. The molecule has 0 saturated carbocycles. The molecule has 4 saturated heterocycles. The van der Waals surface area contributed by atoms with Crippen molar-refractivity contribution in [3.63, 3.8) is 0 Å². The zero-order chi connectivity index (χ0) is 33.9. The third-order valence-electron chi connectivity index (χ3n) is 9.20. The lowest BCUT2D eigenvalue weighted by molar-refractivity contribution is -0.138. The number of ketones is 2. The number of benzene rings is 2. The molecule has 5 heterocycles. The SMILES string of the molecule is Cc1c(Cn2c(C)nc3c(C(=O)O)cc(N4CCOCC4)cc32)cccc1C(F)(F)F.O=C1C=C(N2CC2)C(=O)C(N2CC2)=C1N1CC1. The van der Waals surface area contributed by atoms with Gasteiger partial charge in [0.25, 0.3) is 0 Å². The molecule has 1 N–H and O–H groups in total. The number of imidazole rings is 1. The Hall–Kier alpha value is -4.85. The lowest BCUT2D eigenvalue weighted by Gasteiger charge is -2.29. The van der Waals surface area contributed by atoms with Gasteiger partial charge in [-0.15, -0.1) is 0 Å². The average Bonchev–Trinajstić information content (AvgIpc) is 3.89. The number of aromatic nitrogens is 2. The van der Waals surface area contributed by atoms with Crippen molar-refractivity contribution in [2.75, 3.05) is 70.5 Å². The first-order chi connectivity index (χ1) is 22.9. The predicted octanol–water partition coefficient (Wildman–Crippen LogP) is 3.44. The summed E-state index contributed by atoms with van der Waals surface area (Å²) in [5, 5.41) is 9.75. The maximum absolute atomic E-state index is 13.3. The second-order valence-corrected chi connectivity index (χ2v) is 12.5. The van der Waals surface area contributed by atoms with Crippen molar-refractivity contribution in [2.45, 2.75) is 26.6 Å². The molecule has 14 heteroatoms. The van der Waals surface area contributed by atoms with Crippen molar-refractivity contribution in [1.29, 1.82) is 0 Å². The highest BCUT2D eigenvalue weighted by molar-refractivity contribution is 6.22. The monoisotopic (exact) mass is 664 g/mol. The molecule has 11 nitrogen and oxygen atoms in total. The van der Waals surface area contributed by atoms with E-state index in [1.54, 1.807) is 23.6 Å². The number of carbonyl (C=O) groups excluding carboxylic acids is 2. The number of anilines is 1. The van der Waals surface area contributed by atoms with Crippen molar-refractivity contribution in [2.24, 2.45) is 0 Å². The zero-order valence-electron chi connectivity index (χ0n) is 26.6. The molecule has 0 unspecified atom stereocenters. The molecule has 0 atom stereocenters. The number of ether oxygens (including phenoxy) is 1. The van der Waals surface area contributed by atoms with E-state index in [9.17, 15) is 32.7 Å². The highest BCUT2D eigenvalue weighted by Gasteiger charge is 2.43. The number of aryl methyl sites for hydroxylation is 1. The number of carboxylic acid groups (broad SMARTS) is 1. The van der Waals surface area contributed by atoms with Gasteiger partial charge in [-0.05, 0) is 43.2 Å². The largest absolute Gasteiger partial charge is 0.478 e. The quantitative estimate of drug-likeness (QED) is 0.298. The number of morpholine rings is 1. The van der Waals surface area contributed by atoms with Gasteiger partial charge in [-0.3, -0.25) is 9.59 Å². The molecule has 1 aromatic heterocycles. The van der Waals surface area contributed by atoms with Gasteiger partial charge >= 0.3 is 12.1 Å². The number of carboxylic acids is 1. The highest BCUT2D eigenvalue weighted by atomic mass is 19.4. The predicted molar refractivity (Wildman–Crippen MR) is 170 cm³/mol. The summed E-state index contributed by atoms with van der Waals surface area (Å²) in [6.07, 6.45) is -2.91. The Labute approximate surface area is 274 Å². The molecule has 1 aliphatic carbocycles. The van der Waals surface area contributed by atoms with Gasteiger partial charge in [0, 0.05) is 70.7 Å². The molecule has 252 valence electrons. The van der Waals surface area contributed by atoms with E-state index in [0.717, 1.165) is 51.0 Å². The number of carbonyl (C=O) groups is 3. The van der Waals surface area contributed by atoms with Crippen LogP contribution in [0.25, 0.3) is 11.0 Å². The molecule has 2 aromatic carbocycles. The third kappa shape index (κ3) is 6.12. The van der Waals surface area contributed by atoms with Gasteiger partial charge in [-0.2, -0.15) is 13.2 Å². The fourth-order valence-corrected chi connectivity index (χ4v) is 6.30. The van der Waals surface area contributed by atoms with Gasteiger partial charge in [0.05, 0.1) is 35.6 Å². The van der Waals surface area contributed by atoms with Crippen LogP contribution in [0.2, 0.25) is 0 Å². The summed E-state index contributed by atoms with van der Waals surface area (Å²) in [6.45, 7) is 11.1. The Kier molecular flexibility index (Phi) is 7.93. The van der Waals surface area contributed by atoms with E-state index in [2.05, 4.69) is 4.98 Å². The van der Waals surface area contributed by atoms with Crippen molar-refractivity contribution < 1.29 is 37.4 Å². The number of hydrogen-bond acceptors (Lipinski definition) is 9. The molecule has 3 aromatic rings. The lowest BCUT2D eigenvalue weighted by Crippen LogP contribution is -2.36. The molecule has 0 spiro atoms. The molecular weight excluding hydrogens is 629 g/mol. The van der Waals surface area contributed by atoms with Gasteiger partial charge in [0.1, 0.15) is 22.7 Å². The number of nitrogens with zero attached hydrogens (tertiary/aromatic N) is 6. The first-order valence-electron chi connectivity index (χ1n) is 15.9.